The molecule has 0 aliphatic carbocycles. The Morgan fingerprint density at radius 2 is 2.17 bits per heavy atom. The Kier molecular flexibility index (Phi) is 3.26. The van der Waals surface area contributed by atoms with E-state index in [1.165, 1.54) is 0 Å². The lowest BCUT2D eigenvalue weighted by molar-refractivity contribution is 0.416. The minimum Gasteiger partial charge on any atom is -0.496 e. The van der Waals surface area contributed by atoms with E-state index in [9.17, 15) is 0 Å². The summed E-state index contributed by atoms with van der Waals surface area (Å²) in [5.41, 5.74) is 2.00. The molecule has 1 heterocycles. The van der Waals surface area contributed by atoms with Crippen molar-refractivity contribution in [2.75, 3.05) is 7.11 Å². The molecule has 0 unspecified atom stereocenters. The van der Waals surface area contributed by atoms with Crippen LogP contribution in [0.5, 0.6) is 5.75 Å². The number of aromatic nitrogens is 2. The van der Waals surface area contributed by atoms with Gasteiger partial charge in [-0.2, -0.15) is 5.26 Å². The van der Waals surface area contributed by atoms with Crippen LogP contribution in [-0.4, -0.2) is 16.7 Å². The highest BCUT2D eigenvalue weighted by Crippen LogP contribution is 2.32. The maximum absolute atomic E-state index is 9.00. The highest BCUT2D eigenvalue weighted by molar-refractivity contribution is 6.30. The average Bonchev–Trinajstić information content (AvgIpc) is 2.66. The van der Waals surface area contributed by atoms with Gasteiger partial charge in [-0.1, -0.05) is 11.6 Å². The smallest absolute Gasteiger partial charge is 0.162 e. The lowest BCUT2D eigenvalue weighted by Crippen LogP contribution is -1.97. The Labute approximate surface area is 110 Å². The quantitative estimate of drug-likeness (QED) is 0.835. The predicted octanol–water partition coefficient (Wildman–Crippen LogP) is 2.93. The van der Waals surface area contributed by atoms with Crippen molar-refractivity contribution in [2.45, 2.75) is 6.92 Å². The average molecular weight is 262 g/mol. The van der Waals surface area contributed by atoms with Gasteiger partial charge in [0.1, 0.15) is 17.6 Å². The number of rotatable bonds is 2. The van der Waals surface area contributed by atoms with Crippen LogP contribution in [0.3, 0.4) is 0 Å². The number of benzene rings is 1. The van der Waals surface area contributed by atoms with Crippen molar-refractivity contribution in [3.63, 3.8) is 0 Å². The molecule has 2 aromatic rings. The first-order chi connectivity index (χ1) is 8.58. The van der Waals surface area contributed by atoms with Gasteiger partial charge in [-0.15, -0.1) is 0 Å². The zero-order valence-corrected chi connectivity index (χ0v) is 11.1. The molecule has 0 radical (unpaired) electrons. The van der Waals surface area contributed by atoms with E-state index in [-0.39, 0.29) is 0 Å². The maximum Gasteiger partial charge on any atom is 0.162 e. The maximum atomic E-state index is 9.00. The third-order valence-electron chi connectivity index (χ3n) is 2.89. The topological polar surface area (TPSA) is 50.8 Å². The van der Waals surface area contributed by atoms with Crippen LogP contribution in [0.2, 0.25) is 5.02 Å². The van der Waals surface area contributed by atoms with Crippen LogP contribution < -0.4 is 4.74 Å². The van der Waals surface area contributed by atoms with E-state index in [2.05, 4.69) is 11.1 Å². The highest BCUT2D eigenvalue weighted by atomic mass is 35.5. The SMILES string of the molecule is COc1ccc(Cl)cc1-c1nc(C#N)c(C)n1C. The molecule has 0 N–H and O–H groups in total. The van der Waals surface area contributed by atoms with E-state index in [4.69, 9.17) is 21.6 Å². The van der Waals surface area contributed by atoms with Gasteiger partial charge in [0.25, 0.3) is 0 Å². The fourth-order valence-corrected chi connectivity index (χ4v) is 1.95. The second kappa shape index (κ2) is 4.71. The number of methoxy groups -OCH3 is 1. The first kappa shape index (κ1) is 12.5. The standard InChI is InChI=1S/C13H12ClN3O/c1-8-11(7-15)16-13(17(8)2)10-6-9(14)4-5-12(10)18-3/h4-6H,1-3H3. The van der Waals surface area contributed by atoms with Gasteiger partial charge in [-0.05, 0) is 25.1 Å². The number of imidazole rings is 1. The Morgan fingerprint density at radius 1 is 1.44 bits per heavy atom. The second-order valence-electron chi connectivity index (χ2n) is 3.88. The van der Waals surface area contributed by atoms with Crippen LogP contribution in [0.1, 0.15) is 11.4 Å². The van der Waals surface area contributed by atoms with Gasteiger partial charge in [0.05, 0.1) is 18.4 Å². The fraction of sp³-hybridized carbons (Fsp3) is 0.231. The molecule has 92 valence electrons. The largest absolute Gasteiger partial charge is 0.496 e. The molecule has 0 saturated carbocycles. The van der Waals surface area contributed by atoms with E-state index in [1.54, 1.807) is 25.3 Å². The Bertz CT molecular complexity index is 640. The van der Waals surface area contributed by atoms with Crippen LogP contribution in [0.25, 0.3) is 11.4 Å². The number of nitriles is 1. The monoisotopic (exact) mass is 261 g/mol. The number of hydrogen-bond donors (Lipinski definition) is 0. The van der Waals surface area contributed by atoms with Gasteiger partial charge in [0.2, 0.25) is 0 Å². The van der Waals surface area contributed by atoms with Crippen molar-refractivity contribution < 1.29 is 4.74 Å². The minimum absolute atomic E-state index is 0.412. The van der Waals surface area contributed by atoms with Gasteiger partial charge in [-0.25, -0.2) is 4.98 Å². The Hall–Kier alpha value is -1.99. The summed E-state index contributed by atoms with van der Waals surface area (Å²) in [4.78, 5) is 4.31. The predicted molar refractivity (Wildman–Crippen MR) is 69.7 cm³/mol. The summed E-state index contributed by atoms with van der Waals surface area (Å²) in [6.45, 7) is 1.85. The zero-order chi connectivity index (χ0) is 13.3. The summed E-state index contributed by atoms with van der Waals surface area (Å²) in [7, 11) is 3.45. The van der Waals surface area contributed by atoms with Gasteiger partial charge in [0.15, 0.2) is 5.69 Å². The molecular formula is C13H12ClN3O. The van der Waals surface area contributed by atoms with Gasteiger partial charge >= 0.3 is 0 Å². The van der Waals surface area contributed by atoms with E-state index in [0.717, 1.165) is 11.3 Å². The van der Waals surface area contributed by atoms with E-state index in [1.807, 2.05) is 18.5 Å². The van der Waals surface area contributed by atoms with E-state index >= 15 is 0 Å². The molecule has 0 aliphatic heterocycles. The van der Waals surface area contributed by atoms with Crippen molar-refractivity contribution in [1.29, 1.82) is 5.26 Å². The van der Waals surface area contributed by atoms with Crippen molar-refractivity contribution in [2.24, 2.45) is 7.05 Å². The Morgan fingerprint density at radius 3 is 2.72 bits per heavy atom. The molecule has 2 rings (SSSR count). The Balaban J connectivity index is 2.69. The number of halogens is 1. The van der Waals surface area contributed by atoms with Crippen LogP contribution in [0, 0.1) is 18.3 Å². The molecule has 0 bridgehead atoms. The molecule has 0 saturated heterocycles. The lowest BCUT2D eigenvalue weighted by Gasteiger charge is -2.09. The minimum atomic E-state index is 0.412. The van der Waals surface area contributed by atoms with Crippen LogP contribution in [0.4, 0.5) is 0 Å². The summed E-state index contributed by atoms with van der Waals surface area (Å²) in [6.07, 6.45) is 0. The lowest BCUT2D eigenvalue weighted by atomic mass is 10.2. The third kappa shape index (κ3) is 1.93. The molecule has 0 atom stereocenters. The van der Waals surface area contributed by atoms with E-state index < -0.39 is 0 Å². The second-order valence-corrected chi connectivity index (χ2v) is 4.32. The number of nitrogens with zero attached hydrogens (tertiary/aromatic N) is 3. The fourth-order valence-electron chi connectivity index (χ4n) is 1.78. The van der Waals surface area contributed by atoms with Crippen LogP contribution >= 0.6 is 11.6 Å². The first-order valence-electron chi connectivity index (χ1n) is 5.35. The van der Waals surface area contributed by atoms with Crippen molar-refractivity contribution in [3.8, 4) is 23.2 Å². The molecule has 4 nitrogen and oxygen atoms in total. The van der Waals surface area contributed by atoms with E-state index in [0.29, 0.717) is 22.3 Å². The van der Waals surface area contributed by atoms with Crippen molar-refractivity contribution >= 4 is 11.6 Å². The molecule has 0 spiro atoms. The van der Waals surface area contributed by atoms with Crippen LogP contribution in [-0.2, 0) is 7.05 Å². The van der Waals surface area contributed by atoms with Crippen LogP contribution in [0.15, 0.2) is 18.2 Å². The van der Waals surface area contributed by atoms with Crippen molar-refractivity contribution in [1.82, 2.24) is 9.55 Å². The molecular weight excluding hydrogens is 250 g/mol. The molecule has 0 aliphatic rings. The van der Waals surface area contributed by atoms with Crippen molar-refractivity contribution in [3.05, 3.63) is 34.6 Å². The highest BCUT2D eigenvalue weighted by Gasteiger charge is 2.16. The molecule has 0 amide bonds. The first-order valence-corrected chi connectivity index (χ1v) is 5.73. The van der Waals surface area contributed by atoms with Gasteiger partial charge in [0, 0.05) is 12.1 Å². The summed E-state index contributed by atoms with van der Waals surface area (Å²) >= 11 is 6.00. The molecule has 1 aromatic carbocycles. The summed E-state index contributed by atoms with van der Waals surface area (Å²) < 4.78 is 7.15. The van der Waals surface area contributed by atoms with Gasteiger partial charge < -0.3 is 9.30 Å². The number of hydrogen-bond acceptors (Lipinski definition) is 3. The molecule has 5 heteroatoms. The molecule has 1 aromatic heterocycles. The number of ether oxygens (including phenoxy) is 1. The molecule has 18 heavy (non-hydrogen) atoms. The normalized spacial score (nSPS) is 10.2. The summed E-state index contributed by atoms with van der Waals surface area (Å²) in [5.74, 6) is 1.35. The molecule has 0 fully saturated rings. The summed E-state index contributed by atoms with van der Waals surface area (Å²) in [6, 6.07) is 7.39. The van der Waals surface area contributed by atoms with Gasteiger partial charge in [-0.3, -0.25) is 0 Å². The zero-order valence-electron chi connectivity index (χ0n) is 10.4. The third-order valence-corrected chi connectivity index (χ3v) is 3.12. The summed E-state index contributed by atoms with van der Waals surface area (Å²) in [5, 5.41) is 9.60.